The Labute approximate surface area is 119 Å². The highest BCUT2D eigenvalue weighted by Gasteiger charge is 2.33. The number of hydrogen-bond donors (Lipinski definition) is 2. The van der Waals surface area contributed by atoms with Crippen molar-refractivity contribution in [3.05, 3.63) is 24.0 Å². The zero-order valence-corrected chi connectivity index (χ0v) is 11.9. The summed E-state index contributed by atoms with van der Waals surface area (Å²) >= 11 is 0. The van der Waals surface area contributed by atoms with Gasteiger partial charge in [0.1, 0.15) is 16.6 Å². The van der Waals surface area contributed by atoms with Gasteiger partial charge in [-0.15, -0.1) is 0 Å². The normalized spacial score (nSPS) is 14.2. The van der Waals surface area contributed by atoms with E-state index in [9.17, 15) is 26.4 Å². The minimum absolute atomic E-state index is 0.514. The Balaban J connectivity index is 3.06. The third kappa shape index (κ3) is 4.39. The Kier molecular flexibility index (Phi) is 4.95. The predicted octanol–water partition coefficient (Wildman–Crippen LogP) is 1.49. The zero-order valence-electron chi connectivity index (χ0n) is 11.0. The van der Waals surface area contributed by atoms with E-state index in [1.807, 2.05) is 4.72 Å². The van der Waals surface area contributed by atoms with E-state index in [1.54, 1.807) is 0 Å². The topological polar surface area (TPSA) is 96.4 Å². The second-order valence-corrected chi connectivity index (χ2v) is 6.27. The maximum atomic E-state index is 12.3. The number of carboxylic acids is 1. The number of carboxylic acid groups (broad SMARTS) is 1. The monoisotopic (exact) mass is 326 g/mol. The lowest BCUT2D eigenvalue weighted by atomic mass is 10.1. The molecule has 0 saturated heterocycles. The Morgan fingerprint density at radius 2 is 1.90 bits per heavy atom. The van der Waals surface area contributed by atoms with Crippen molar-refractivity contribution in [1.29, 1.82) is 0 Å². The van der Waals surface area contributed by atoms with Crippen molar-refractivity contribution in [2.24, 2.45) is 5.92 Å². The van der Waals surface area contributed by atoms with Crippen LogP contribution in [0.1, 0.15) is 19.5 Å². The van der Waals surface area contributed by atoms with Gasteiger partial charge in [-0.05, 0) is 18.1 Å². The number of sulfonamides is 1. The molecule has 0 amide bonds. The van der Waals surface area contributed by atoms with Crippen molar-refractivity contribution >= 4 is 16.0 Å². The number of aliphatic carboxylic acids is 1. The third-order valence-electron chi connectivity index (χ3n) is 2.55. The Hall–Kier alpha value is -1.68. The number of alkyl halides is 3. The summed E-state index contributed by atoms with van der Waals surface area (Å²) in [4.78, 5) is 13.4. The first kappa shape index (κ1) is 17.4. The van der Waals surface area contributed by atoms with Gasteiger partial charge in [0.25, 0.3) is 0 Å². The molecule has 0 unspecified atom stereocenters. The Morgan fingerprint density at radius 1 is 1.33 bits per heavy atom. The molecule has 0 aliphatic carbocycles. The first-order valence-electron chi connectivity index (χ1n) is 5.73. The highest BCUT2D eigenvalue weighted by Crippen LogP contribution is 2.27. The van der Waals surface area contributed by atoms with Crippen LogP contribution in [0.25, 0.3) is 0 Å². The van der Waals surface area contributed by atoms with E-state index in [2.05, 4.69) is 4.98 Å². The molecule has 0 aromatic carbocycles. The van der Waals surface area contributed by atoms with Gasteiger partial charge in [-0.25, -0.2) is 8.42 Å². The van der Waals surface area contributed by atoms with Crippen LogP contribution in [-0.4, -0.2) is 30.5 Å². The molecule has 0 radical (unpaired) electrons. The molecular formula is C11H13F3N2O4S. The molecule has 10 heteroatoms. The molecule has 0 spiro atoms. The Bertz CT molecular complexity index is 611. The summed E-state index contributed by atoms with van der Waals surface area (Å²) in [5.74, 6) is -1.92. The molecule has 0 aliphatic rings. The SMILES string of the molecule is CC(C)[C@@H](NS(=O)(=O)c1ccc(C(F)(F)F)nc1)C(=O)O. The van der Waals surface area contributed by atoms with Gasteiger partial charge in [-0.3, -0.25) is 9.78 Å². The average Bonchev–Trinajstić information content (AvgIpc) is 2.34. The van der Waals surface area contributed by atoms with E-state index >= 15 is 0 Å². The average molecular weight is 326 g/mol. The van der Waals surface area contributed by atoms with Crippen LogP contribution in [0.15, 0.2) is 23.2 Å². The fraction of sp³-hybridized carbons (Fsp3) is 0.455. The summed E-state index contributed by atoms with van der Waals surface area (Å²) in [6, 6.07) is -0.158. The van der Waals surface area contributed by atoms with Gasteiger partial charge >= 0.3 is 12.1 Å². The Morgan fingerprint density at radius 3 is 2.24 bits per heavy atom. The second kappa shape index (κ2) is 5.98. The number of rotatable bonds is 5. The summed E-state index contributed by atoms with van der Waals surface area (Å²) in [7, 11) is -4.27. The second-order valence-electron chi connectivity index (χ2n) is 4.56. The molecule has 21 heavy (non-hydrogen) atoms. The highest BCUT2D eigenvalue weighted by atomic mass is 32.2. The summed E-state index contributed by atoms with van der Waals surface area (Å²) in [5.41, 5.74) is -1.24. The number of pyridine rings is 1. The van der Waals surface area contributed by atoms with Gasteiger partial charge < -0.3 is 5.11 Å². The standard InChI is InChI=1S/C11H13F3N2O4S/c1-6(2)9(10(17)18)16-21(19,20)7-3-4-8(15-5-7)11(12,13)14/h3-6,9,16H,1-2H3,(H,17,18)/t9-/m1/s1. The molecule has 1 heterocycles. The van der Waals surface area contributed by atoms with Crippen LogP contribution in [-0.2, 0) is 21.0 Å². The number of nitrogens with one attached hydrogen (secondary N) is 1. The predicted molar refractivity (Wildman–Crippen MR) is 65.8 cm³/mol. The van der Waals surface area contributed by atoms with Gasteiger partial charge in [0.15, 0.2) is 0 Å². The molecule has 1 rings (SSSR count). The van der Waals surface area contributed by atoms with Crippen molar-refractivity contribution in [1.82, 2.24) is 9.71 Å². The number of nitrogens with zero attached hydrogens (tertiary/aromatic N) is 1. The number of aromatic nitrogens is 1. The van der Waals surface area contributed by atoms with Crippen LogP contribution >= 0.6 is 0 Å². The van der Waals surface area contributed by atoms with E-state index in [-0.39, 0.29) is 0 Å². The molecule has 2 N–H and O–H groups in total. The maximum Gasteiger partial charge on any atom is 0.433 e. The van der Waals surface area contributed by atoms with Gasteiger partial charge in [-0.1, -0.05) is 13.8 Å². The van der Waals surface area contributed by atoms with Gasteiger partial charge in [-0.2, -0.15) is 17.9 Å². The fourth-order valence-corrected chi connectivity index (χ4v) is 2.70. The van der Waals surface area contributed by atoms with E-state index in [0.29, 0.717) is 12.3 Å². The minimum atomic E-state index is -4.68. The van der Waals surface area contributed by atoms with Crippen LogP contribution in [0.4, 0.5) is 13.2 Å². The van der Waals surface area contributed by atoms with E-state index < -0.39 is 44.7 Å². The van der Waals surface area contributed by atoms with Crippen molar-refractivity contribution in [2.75, 3.05) is 0 Å². The molecule has 1 aromatic rings. The molecule has 6 nitrogen and oxygen atoms in total. The minimum Gasteiger partial charge on any atom is -0.480 e. The fourth-order valence-electron chi connectivity index (χ4n) is 1.41. The molecule has 0 aliphatic heterocycles. The molecule has 0 bridgehead atoms. The van der Waals surface area contributed by atoms with Crippen molar-refractivity contribution in [3.8, 4) is 0 Å². The first-order valence-corrected chi connectivity index (χ1v) is 7.22. The number of carbonyl (C=O) groups is 1. The van der Waals surface area contributed by atoms with Gasteiger partial charge in [0.05, 0.1) is 0 Å². The lowest BCUT2D eigenvalue weighted by Crippen LogP contribution is -2.44. The largest absolute Gasteiger partial charge is 0.480 e. The zero-order chi connectivity index (χ0) is 16.4. The summed E-state index contributed by atoms with van der Waals surface area (Å²) in [6.07, 6.45) is -4.15. The quantitative estimate of drug-likeness (QED) is 0.854. The molecule has 0 saturated carbocycles. The smallest absolute Gasteiger partial charge is 0.433 e. The lowest BCUT2D eigenvalue weighted by molar-refractivity contribution is -0.141. The van der Waals surface area contributed by atoms with Crippen LogP contribution < -0.4 is 4.72 Å². The lowest BCUT2D eigenvalue weighted by Gasteiger charge is -2.18. The van der Waals surface area contributed by atoms with Crippen LogP contribution in [0, 0.1) is 5.92 Å². The maximum absolute atomic E-state index is 12.3. The van der Waals surface area contributed by atoms with Crippen molar-refractivity contribution in [2.45, 2.75) is 31.0 Å². The number of halogens is 3. The summed E-state index contributed by atoms with van der Waals surface area (Å²) in [6.45, 7) is 2.98. The summed E-state index contributed by atoms with van der Waals surface area (Å²) in [5, 5.41) is 8.91. The van der Waals surface area contributed by atoms with Crippen LogP contribution in [0.2, 0.25) is 0 Å². The first-order chi connectivity index (χ1) is 9.45. The molecule has 1 aromatic heterocycles. The molecule has 0 fully saturated rings. The van der Waals surface area contributed by atoms with Crippen molar-refractivity contribution in [3.63, 3.8) is 0 Å². The molecule has 1 atom stereocenters. The van der Waals surface area contributed by atoms with Crippen LogP contribution in [0.5, 0.6) is 0 Å². The van der Waals surface area contributed by atoms with Gasteiger partial charge in [0.2, 0.25) is 10.0 Å². The highest BCUT2D eigenvalue weighted by molar-refractivity contribution is 7.89. The third-order valence-corrected chi connectivity index (χ3v) is 3.98. The van der Waals surface area contributed by atoms with Crippen molar-refractivity contribution < 1.29 is 31.5 Å². The van der Waals surface area contributed by atoms with E-state index in [0.717, 1.165) is 6.07 Å². The van der Waals surface area contributed by atoms with E-state index in [1.165, 1.54) is 13.8 Å². The van der Waals surface area contributed by atoms with E-state index in [4.69, 9.17) is 5.11 Å². The van der Waals surface area contributed by atoms with Crippen LogP contribution in [0.3, 0.4) is 0 Å². The summed E-state index contributed by atoms with van der Waals surface area (Å²) < 4.78 is 62.7. The number of hydrogen-bond acceptors (Lipinski definition) is 4. The molecular weight excluding hydrogens is 313 g/mol. The molecule has 118 valence electrons. The van der Waals surface area contributed by atoms with Gasteiger partial charge in [0, 0.05) is 6.20 Å².